The van der Waals surface area contributed by atoms with E-state index in [4.69, 9.17) is 5.73 Å². The molecular formula is C13H9FN2O2. The van der Waals surface area contributed by atoms with Gasteiger partial charge in [-0.1, -0.05) is 30.3 Å². The number of hydrogen-bond donors (Lipinski definition) is 1. The topological polar surface area (TPSA) is 73.1 Å². The zero-order chi connectivity index (χ0) is 13.1. The molecular weight excluding hydrogens is 235 g/mol. The summed E-state index contributed by atoms with van der Waals surface area (Å²) in [5.41, 5.74) is 4.85. The van der Waals surface area contributed by atoms with Gasteiger partial charge in [0.2, 0.25) is 5.95 Å². The van der Waals surface area contributed by atoms with Gasteiger partial charge in [0.25, 0.3) is 5.91 Å². The maximum Gasteiger partial charge on any atom is 0.254 e. The number of benzene rings is 1. The van der Waals surface area contributed by atoms with E-state index >= 15 is 0 Å². The number of carbonyl (C=O) groups is 2. The van der Waals surface area contributed by atoms with E-state index in [0.29, 0.717) is 5.56 Å². The Hall–Kier alpha value is -2.56. The largest absolute Gasteiger partial charge is 0.365 e. The Balaban J connectivity index is 2.56. The number of halogens is 1. The van der Waals surface area contributed by atoms with Gasteiger partial charge in [-0.15, -0.1) is 0 Å². The third-order valence-corrected chi connectivity index (χ3v) is 2.43. The first kappa shape index (κ1) is 11.9. The molecule has 0 spiro atoms. The van der Waals surface area contributed by atoms with Gasteiger partial charge in [-0.2, -0.15) is 4.39 Å². The van der Waals surface area contributed by atoms with Crippen LogP contribution >= 0.6 is 0 Å². The van der Waals surface area contributed by atoms with Crippen molar-refractivity contribution in [3.63, 3.8) is 0 Å². The molecule has 0 aliphatic heterocycles. The third-order valence-electron chi connectivity index (χ3n) is 2.43. The van der Waals surface area contributed by atoms with Crippen LogP contribution < -0.4 is 5.73 Å². The lowest BCUT2D eigenvalue weighted by Gasteiger charge is -2.06. The molecule has 0 saturated heterocycles. The van der Waals surface area contributed by atoms with Crippen LogP contribution in [0.15, 0.2) is 42.6 Å². The van der Waals surface area contributed by atoms with E-state index in [1.807, 2.05) is 0 Å². The standard InChI is InChI=1S/C13H9FN2O2/c14-12-10(13(15)18)9(6-7-16-12)11(17)8-4-2-1-3-5-8/h1-7H,(H2,15,18). The molecule has 0 unspecified atom stereocenters. The first-order chi connectivity index (χ1) is 8.61. The van der Waals surface area contributed by atoms with Gasteiger partial charge >= 0.3 is 0 Å². The lowest BCUT2D eigenvalue weighted by atomic mass is 10.00. The normalized spacial score (nSPS) is 10.1. The number of nitrogens with zero attached hydrogens (tertiary/aromatic N) is 1. The molecule has 5 heteroatoms. The minimum atomic E-state index is -1.04. The Labute approximate surface area is 102 Å². The summed E-state index contributed by atoms with van der Waals surface area (Å²) in [5.74, 6) is -2.52. The molecule has 18 heavy (non-hydrogen) atoms. The van der Waals surface area contributed by atoms with Gasteiger partial charge in [-0.3, -0.25) is 9.59 Å². The average Bonchev–Trinajstić information content (AvgIpc) is 2.38. The van der Waals surface area contributed by atoms with E-state index in [-0.39, 0.29) is 5.56 Å². The average molecular weight is 244 g/mol. The van der Waals surface area contributed by atoms with Crippen LogP contribution in [0.1, 0.15) is 26.3 Å². The van der Waals surface area contributed by atoms with Crippen LogP contribution in [0, 0.1) is 5.95 Å². The van der Waals surface area contributed by atoms with Gasteiger partial charge in [0, 0.05) is 17.3 Å². The number of carbonyl (C=O) groups excluding carboxylic acids is 2. The van der Waals surface area contributed by atoms with Crippen molar-refractivity contribution in [1.29, 1.82) is 0 Å². The summed E-state index contributed by atoms with van der Waals surface area (Å²) in [6.45, 7) is 0. The molecule has 0 radical (unpaired) electrons. The van der Waals surface area contributed by atoms with E-state index < -0.39 is 23.2 Å². The second-order valence-corrected chi connectivity index (χ2v) is 3.58. The van der Waals surface area contributed by atoms with Crippen LogP contribution in [0.3, 0.4) is 0 Å². The molecule has 0 aliphatic rings. The third kappa shape index (κ3) is 2.10. The molecule has 1 amide bonds. The SMILES string of the molecule is NC(=O)c1c(C(=O)c2ccccc2)ccnc1F. The van der Waals surface area contributed by atoms with Crippen LogP contribution in [0.4, 0.5) is 4.39 Å². The summed E-state index contributed by atoms with van der Waals surface area (Å²) in [6.07, 6.45) is 1.12. The molecule has 2 rings (SSSR count). The maximum atomic E-state index is 13.4. The van der Waals surface area contributed by atoms with E-state index in [2.05, 4.69) is 4.98 Å². The predicted molar refractivity (Wildman–Crippen MR) is 62.6 cm³/mol. The fourth-order valence-electron chi connectivity index (χ4n) is 1.60. The van der Waals surface area contributed by atoms with Crippen molar-refractivity contribution in [2.24, 2.45) is 5.73 Å². The van der Waals surface area contributed by atoms with Crippen LogP contribution in [0.25, 0.3) is 0 Å². The molecule has 0 aliphatic carbocycles. The van der Waals surface area contributed by atoms with Gasteiger partial charge in [0.1, 0.15) is 5.56 Å². The zero-order valence-corrected chi connectivity index (χ0v) is 9.26. The monoisotopic (exact) mass is 244 g/mol. The molecule has 0 saturated carbocycles. The highest BCUT2D eigenvalue weighted by molar-refractivity contribution is 6.14. The van der Waals surface area contributed by atoms with E-state index in [9.17, 15) is 14.0 Å². The lowest BCUT2D eigenvalue weighted by molar-refractivity contribution is 0.0976. The smallest absolute Gasteiger partial charge is 0.254 e. The molecule has 0 atom stereocenters. The molecule has 1 aromatic heterocycles. The summed E-state index contributed by atoms with van der Waals surface area (Å²) in [6, 6.07) is 9.53. The van der Waals surface area contributed by atoms with E-state index in [0.717, 1.165) is 6.20 Å². The molecule has 4 nitrogen and oxygen atoms in total. The van der Waals surface area contributed by atoms with Gasteiger partial charge in [0.15, 0.2) is 5.78 Å². The van der Waals surface area contributed by atoms with E-state index in [1.54, 1.807) is 30.3 Å². The Bertz CT molecular complexity index is 612. The van der Waals surface area contributed by atoms with Gasteiger partial charge in [-0.25, -0.2) is 4.98 Å². The number of ketones is 1. The molecule has 2 N–H and O–H groups in total. The van der Waals surface area contributed by atoms with Crippen LogP contribution in [0.2, 0.25) is 0 Å². The molecule has 0 fully saturated rings. The number of hydrogen-bond acceptors (Lipinski definition) is 3. The van der Waals surface area contributed by atoms with Gasteiger partial charge in [-0.05, 0) is 6.07 Å². The summed E-state index contributed by atoms with van der Waals surface area (Å²) >= 11 is 0. The van der Waals surface area contributed by atoms with Crippen molar-refractivity contribution in [3.05, 3.63) is 65.2 Å². The van der Waals surface area contributed by atoms with Crippen molar-refractivity contribution in [2.45, 2.75) is 0 Å². The Morgan fingerprint density at radius 2 is 1.78 bits per heavy atom. The fourth-order valence-corrected chi connectivity index (χ4v) is 1.60. The van der Waals surface area contributed by atoms with E-state index in [1.165, 1.54) is 6.07 Å². The first-order valence-corrected chi connectivity index (χ1v) is 5.15. The van der Waals surface area contributed by atoms with Crippen molar-refractivity contribution in [3.8, 4) is 0 Å². The second-order valence-electron chi connectivity index (χ2n) is 3.58. The molecule has 0 bridgehead atoms. The van der Waals surface area contributed by atoms with Crippen LogP contribution in [-0.4, -0.2) is 16.7 Å². The highest BCUT2D eigenvalue weighted by atomic mass is 19.1. The summed E-state index contributed by atoms with van der Waals surface area (Å²) in [5, 5.41) is 0. The number of pyridine rings is 1. The summed E-state index contributed by atoms with van der Waals surface area (Å²) in [7, 11) is 0. The summed E-state index contributed by atoms with van der Waals surface area (Å²) < 4.78 is 13.4. The van der Waals surface area contributed by atoms with Crippen LogP contribution in [0.5, 0.6) is 0 Å². The minimum absolute atomic E-state index is 0.0822. The fraction of sp³-hybridized carbons (Fsp3) is 0. The molecule has 1 heterocycles. The number of primary amides is 1. The number of rotatable bonds is 3. The second kappa shape index (κ2) is 4.75. The number of nitrogens with two attached hydrogens (primary N) is 1. The molecule has 1 aromatic carbocycles. The summed E-state index contributed by atoms with van der Waals surface area (Å²) in [4.78, 5) is 26.6. The Morgan fingerprint density at radius 1 is 1.11 bits per heavy atom. The van der Waals surface area contributed by atoms with Crippen molar-refractivity contribution < 1.29 is 14.0 Å². The van der Waals surface area contributed by atoms with Gasteiger partial charge in [0.05, 0.1) is 0 Å². The van der Waals surface area contributed by atoms with Crippen molar-refractivity contribution in [2.75, 3.05) is 0 Å². The Kier molecular flexibility index (Phi) is 3.14. The quantitative estimate of drug-likeness (QED) is 0.657. The molecule has 90 valence electrons. The van der Waals surface area contributed by atoms with Crippen molar-refractivity contribution in [1.82, 2.24) is 4.98 Å². The maximum absolute atomic E-state index is 13.4. The zero-order valence-electron chi connectivity index (χ0n) is 9.26. The minimum Gasteiger partial charge on any atom is -0.365 e. The van der Waals surface area contributed by atoms with Crippen LogP contribution in [-0.2, 0) is 0 Å². The number of aromatic nitrogens is 1. The predicted octanol–water partition coefficient (Wildman–Crippen LogP) is 1.55. The highest BCUT2D eigenvalue weighted by Gasteiger charge is 2.21. The highest BCUT2D eigenvalue weighted by Crippen LogP contribution is 2.15. The number of amides is 1. The first-order valence-electron chi connectivity index (χ1n) is 5.15. The van der Waals surface area contributed by atoms with Gasteiger partial charge < -0.3 is 5.73 Å². The lowest BCUT2D eigenvalue weighted by Crippen LogP contribution is -2.19. The molecule has 2 aromatic rings. The van der Waals surface area contributed by atoms with Crippen molar-refractivity contribution >= 4 is 11.7 Å². The Morgan fingerprint density at radius 3 is 2.39 bits per heavy atom.